The summed E-state index contributed by atoms with van der Waals surface area (Å²) >= 11 is 0. The van der Waals surface area contributed by atoms with Crippen LogP contribution in [0.1, 0.15) is 30.9 Å². The minimum absolute atomic E-state index is 0.668. The summed E-state index contributed by atoms with van der Waals surface area (Å²) in [6.07, 6.45) is 0. The SMILES string of the molecule is Cc1ccc(CN(C)c2ccccc2CNCC(C)C)o1. The Bertz CT molecular complexity index is 560. The van der Waals surface area contributed by atoms with Gasteiger partial charge in [-0.05, 0) is 43.1 Å². The monoisotopic (exact) mass is 286 g/mol. The van der Waals surface area contributed by atoms with Gasteiger partial charge in [-0.25, -0.2) is 0 Å². The molecule has 0 atom stereocenters. The molecule has 0 radical (unpaired) electrons. The van der Waals surface area contributed by atoms with Crippen molar-refractivity contribution >= 4 is 5.69 Å². The number of anilines is 1. The normalized spacial score (nSPS) is 11.1. The van der Waals surface area contributed by atoms with Crippen molar-refractivity contribution in [2.45, 2.75) is 33.9 Å². The Morgan fingerprint density at radius 2 is 1.90 bits per heavy atom. The lowest BCUT2D eigenvalue weighted by molar-refractivity contribution is 0.481. The summed E-state index contributed by atoms with van der Waals surface area (Å²) in [5.74, 6) is 2.63. The quantitative estimate of drug-likeness (QED) is 0.835. The van der Waals surface area contributed by atoms with E-state index in [0.717, 1.165) is 31.2 Å². The van der Waals surface area contributed by atoms with E-state index in [1.54, 1.807) is 0 Å². The van der Waals surface area contributed by atoms with Crippen LogP contribution in [0.5, 0.6) is 0 Å². The van der Waals surface area contributed by atoms with Crippen molar-refractivity contribution in [3.8, 4) is 0 Å². The molecule has 0 aliphatic rings. The van der Waals surface area contributed by atoms with Crippen LogP contribution in [0.3, 0.4) is 0 Å². The van der Waals surface area contributed by atoms with Crippen molar-refractivity contribution < 1.29 is 4.42 Å². The maximum atomic E-state index is 5.67. The van der Waals surface area contributed by atoms with Crippen LogP contribution in [0.25, 0.3) is 0 Å². The summed E-state index contributed by atoms with van der Waals surface area (Å²) in [7, 11) is 2.11. The van der Waals surface area contributed by atoms with Crippen LogP contribution >= 0.6 is 0 Å². The summed E-state index contributed by atoms with van der Waals surface area (Å²) in [4.78, 5) is 2.24. The molecular formula is C18H26N2O. The second kappa shape index (κ2) is 7.32. The Morgan fingerprint density at radius 3 is 2.57 bits per heavy atom. The summed E-state index contributed by atoms with van der Waals surface area (Å²) in [5, 5.41) is 3.51. The van der Waals surface area contributed by atoms with Gasteiger partial charge in [0.1, 0.15) is 11.5 Å². The van der Waals surface area contributed by atoms with Gasteiger partial charge in [0.25, 0.3) is 0 Å². The molecule has 1 aromatic carbocycles. The number of hydrogen-bond donors (Lipinski definition) is 1. The molecule has 0 saturated carbocycles. The van der Waals surface area contributed by atoms with E-state index in [1.807, 2.05) is 19.1 Å². The second-order valence-electron chi connectivity index (χ2n) is 6.02. The number of para-hydroxylation sites is 1. The van der Waals surface area contributed by atoms with E-state index in [9.17, 15) is 0 Å². The molecule has 0 unspecified atom stereocenters. The first kappa shape index (κ1) is 15.6. The highest BCUT2D eigenvalue weighted by molar-refractivity contribution is 5.53. The van der Waals surface area contributed by atoms with Crippen molar-refractivity contribution in [3.05, 3.63) is 53.5 Å². The van der Waals surface area contributed by atoms with Gasteiger partial charge in [-0.1, -0.05) is 32.0 Å². The van der Waals surface area contributed by atoms with E-state index in [1.165, 1.54) is 11.3 Å². The lowest BCUT2D eigenvalue weighted by Crippen LogP contribution is -2.22. The molecule has 0 aliphatic heterocycles. The highest BCUT2D eigenvalue weighted by Gasteiger charge is 2.09. The molecule has 0 saturated heterocycles. The molecular weight excluding hydrogens is 260 g/mol. The standard InChI is InChI=1S/C18H26N2O/c1-14(2)11-19-12-16-7-5-6-8-18(16)20(4)13-17-10-9-15(3)21-17/h5-10,14,19H,11-13H2,1-4H3. The molecule has 21 heavy (non-hydrogen) atoms. The number of hydrogen-bond acceptors (Lipinski definition) is 3. The molecule has 2 aromatic rings. The minimum Gasteiger partial charge on any atom is -0.464 e. The third-order valence-electron chi connectivity index (χ3n) is 3.46. The smallest absolute Gasteiger partial charge is 0.123 e. The summed E-state index contributed by atoms with van der Waals surface area (Å²) in [6.45, 7) is 9.15. The van der Waals surface area contributed by atoms with Gasteiger partial charge in [-0.3, -0.25) is 0 Å². The summed E-state index contributed by atoms with van der Waals surface area (Å²) < 4.78 is 5.67. The predicted molar refractivity (Wildman–Crippen MR) is 88.5 cm³/mol. The van der Waals surface area contributed by atoms with Gasteiger partial charge in [-0.15, -0.1) is 0 Å². The molecule has 3 heteroatoms. The zero-order chi connectivity index (χ0) is 15.2. The molecule has 1 aromatic heterocycles. The highest BCUT2D eigenvalue weighted by atomic mass is 16.3. The largest absolute Gasteiger partial charge is 0.464 e. The number of nitrogens with one attached hydrogen (secondary N) is 1. The fourth-order valence-electron chi connectivity index (χ4n) is 2.42. The van der Waals surface area contributed by atoms with Gasteiger partial charge in [-0.2, -0.15) is 0 Å². The second-order valence-corrected chi connectivity index (χ2v) is 6.02. The topological polar surface area (TPSA) is 28.4 Å². The average molecular weight is 286 g/mol. The molecule has 0 bridgehead atoms. The summed E-state index contributed by atoms with van der Waals surface area (Å²) in [5.41, 5.74) is 2.58. The highest BCUT2D eigenvalue weighted by Crippen LogP contribution is 2.21. The molecule has 1 N–H and O–H groups in total. The first-order valence-electron chi connectivity index (χ1n) is 7.61. The third-order valence-corrected chi connectivity index (χ3v) is 3.46. The van der Waals surface area contributed by atoms with Gasteiger partial charge < -0.3 is 14.6 Å². The summed E-state index contributed by atoms with van der Waals surface area (Å²) in [6, 6.07) is 12.6. The first-order valence-corrected chi connectivity index (χ1v) is 7.61. The van der Waals surface area contributed by atoms with Crippen LogP contribution in [0.4, 0.5) is 5.69 Å². The van der Waals surface area contributed by atoms with Gasteiger partial charge in [0.15, 0.2) is 0 Å². The van der Waals surface area contributed by atoms with Gasteiger partial charge in [0, 0.05) is 19.3 Å². The Hall–Kier alpha value is -1.74. The molecule has 0 fully saturated rings. The predicted octanol–water partition coefficient (Wildman–Crippen LogP) is 3.97. The maximum absolute atomic E-state index is 5.67. The zero-order valence-corrected chi connectivity index (χ0v) is 13.5. The molecule has 1 heterocycles. The Kier molecular flexibility index (Phi) is 5.45. The van der Waals surface area contributed by atoms with Gasteiger partial charge in [0.05, 0.1) is 6.54 Å². The van der Waals surface area contributed by atoms with E-state index < -0.39 is 0 Å². The van der Waals surface area contributed by atoms with Gasteiger partial charge >= 0.3 is 0 Å². The number of furan rings is 1. The van der Waals surface area contributed by atoms with Crippen molar-refractivity contribution in [2.75, 3.05) is 18.5 Å². The lowest BCUT2D eigenvalue weighted by Gasteiger charge is -2.22. The average Bonchev–Trinajstić information content (AvgIpc) is 2.84. The zero-order valence-electron chi connectivity index (χ0n) is 13.5. The van der Waals surface area contributed by atoms with Crippen molar-refractivity contribution in [1.29, 1.82) is 0 Å². The maximum Gasteiger partial charge on any atom is 0.123 e. The Morgan fingerprint density at radius 1 is 1.14 bits per heavy atom. The van der Waals surface area contributed by atoms with E-state index >= 15 is 0 Å². The third kappa shape index (κ3) is 4.64. The molecule has 0 aliphatic carbocycles. The molecule has 2 rings (SSSR count). The number of benzene rings is 1. The first-order chi connectivity index (χ1) is 10.1. The number of aryl methyl sites for hydroxylation is 1. The van der Waals surface area contributed by atoms with Crippen molar-refractivity contribution in [1.82, 2.24) is 5.32 Å². The molecule has 0 spiro atoms. The Labute approximate surface area is 128 Å². The number of nitrogens with zero attached hydrogens (tertiary/aromatic N) is 1. The van der Waals surface area contributed by atoms with Crippen molar-refractivity contribution in [2.24, 2.45) is 5.92 Å². The van der Waals surface area contributed by atoms with E-state index in [4.69, 9.17) is 4.42 Å². The van der Waals surface area contributed by atoms with Crippen LogP contribution in [-0.4, -0.2) is 13.6 Å². The van der Waals surface area contributed by atoms with Crippen LogP contribution in [0.2, 0.25) is 0 Å². The van der Waals surface area contributed by atoms with E-state index in [-0.39, 0.29) is 0 Å². The fraction of sp³-hybridized carbons (Fsp3) is 0.444. The molecule has 0 amide bonds. The van der Waals surface area contributed by atoms with Crippen LogP contribution in [0.15, 0.2) is 40.8 Å². The number of rotatable bonds is 7. The van der Waals surface area contributed by atoms with Crippen LogP contribution in [-0.2, 0) is 13.1 Å². The van der Waals surface area contributed by atoms with Crippen LogP contribution < -0.4 is 10.2 Å². The minimum atomic E-state index is 0.668. The Balaban J connectivity index is 2.04. The van der Waals surface area contributed by atoms with Gasteiger partial charge in [0.2, 0.25) is 0 Å². The van der Waals surface area contributed by atoms with Crippen molar-refractivity contribution in [3.63, 3.8) is 0 Å². The molecule has 114 valence electrons. The van der Waals surface area contributed by atoms with Crippen LogP contribution in [0, 0.1) is 12.8 Å². The lowest BCUT2D eigenvalue weighted by atomic mass is 10.1. The van der Waals surface area contributed by atoms with E-state index in [2.05, 4.69) is 55.4 Å². The fourth-order valence-corrected chi connectivity index (χ4v) is 2.42. The van der Waals surface area contributed by atoms with E-state index in [0.29, 0.717) is 5.92 Å². The molecule has 3 nitrogen and oxygen atoms in total.